The van der Waals surface area contributed by atoms with E-state index < -0.39 is 0 Å². The summed E-state index contributed by atoms with van der Waals surface area (Å²) >= 11 is 0. The quantitative estimate of drug-likeness (QED) is 0.753. The first-order chi connectivity index (χ1) is 8.20. The first kappa shape index (κ1) is 13.3. The lowest BCUT2D eigenvalue weighted by Crippen LogP contribution is -2.48. The van der Waals surface area contributed by atoms with Crippen molar-refractivity contribution in [3.05, 3.63) is 0 Å². The van der Waals surface area contributed by atoms with E-state index in [4.69, 9.17) is 0 Å². The van der Waals surface area contributed by atoms with Crippen LogP contribution in [-0.2, 0) is 0 Å². The van der Waals surface area contributed by atoms with Crippen LogP contribution in [0.2, 0.25) is 0 Å². The predicted octanol–water partition coefficient (Wildman–Crippen LogP) is 1.26. The van der Waals surface area contributed by atoms with Crippen LogP contribution in [0.15, 0.2) is 0 Å². The number of likely N-dealkylation sites (N-methyl/N-ethyl adjacent to an activating group) is 1. The number of hydrogen-bond acceptors (Lipinski definition) is 3. The van der Waals surface area contributed by atoms with Gasteiger partial charge in [0.1, 0.15) is 0 Å². The van der Waals surface area contributed by atoms with Gasteiger partial charge in [-0.05, 0) is 58.7 Å². The molecule has 1 saturated heterocycles. The first-order valence-electron chi connectivity index (χ1n) is 7.28. The van der Waals surface area contributed by atoms with Gasteiger partial charge in [0.15, 0.2) is 0 Å². The van der Waals surface area contributed by atoms with Crippen LogP contribution in [0.4, 0.5) is 0 Å². The van der Waals surface area contributed by atoms with Crippen molar-refractivity contribution in [2.45, 2.75) is 32.2 Å². The Hall–Kier alpha value is -0.120. The summed E-state index contributed by atoms with van der Waals surface area (Å²) in [5.41, 5.74) is 0. The van der Waals surface area contributed by atoms with Crippen molar-refractivity contribution in [1.82, 2.24) is 15.1 Å². The number of piperazine rings is 1. The van der Waals surface area contributed by atoms with Gasteiger partial charge in [-0.2, -0.15) is 0 Å². The van der Waals surface area contributed by atoms with Gasteiger partial charge in [0.25, 0.3) is 0 Å². The zero-order valence-corrected chi connectivity index (χ0v) is 11.8. The van der Waals surface area contributed by atoms with Gasteiger partial charge >= 0.3 is 0 Å². The highest BCUT2D eigenvalue weighted by Gasteiger charge is 2.37. The van der Waals surface area contributed by atoms with Gasteiger partial charge in [-0.3, -0.25) is 4.90 Å². The van der Waals surface area contributed by atoms with Gasteiger partial charge in [-0.25, -0.2) is 0 Å². The van der Waals surface area contributed by atoms with Gasteiger partial charge in [0.2, 0.25) is 0 Å². The van der Waals surface area contributed by atoms with E-state index in [9.17, 15) is 0 Å². The Bertz CT molecular complexity index is 224. The average molecular weight is 239 g/mol. The fourth-order valence-electron chi connectivity index (χ4n) is 3.13. The van der Waals surface area contributed by atoms with E-state index in [1.807, 2.05) is 0 Å². The number of rotatable bonds is 6. The van der Waals surface area contributed by atoms with Crippen LogP contribution in [0, 0.1) is 11.8 Å². The Morgan fingerprint density at radius 2 is 1.88 bits per heavy atom. The molecule has 0 aromatic carbocycles. The molecule has 2 fully saturated rings. The summed E-state index contributed by atoms with van der Waals surface area (Å²) in [6.45, 7) is 8.66. The molecule has 1 saturated carbocycles. The number of nitrogens with zero attached hydrogens (tertiary/aromatic N) is 2. The van der Waals surface area contributed by atoms with Crippen molar-refractivity contribution in [3.63, 3.8) is 0 Å². The molecule has 0 spiro atoms. The molecular weight excluding hydrogens is 210 g/mol. The minimum Gasteiger partial charge on any atom is -0.320 e. The lowest BCUT2D eigenvalue weighted by molar-refractivity contribution is 0.111. The van der Waals surface area contributed by atoms with E-state index in [2.05, 4.69) is 36.1 Å². The van der Waals surface area contributed by atoms with Crippen molar-refractivity contribution < 1.29 is 0 Å². The molecule has 3 nitrogen and oxygen atoms in total. The molecule has 3 atom stereocenters. The Morgan fingerprint density at radius 3 is 2.53 bits per heavy atom. The summed E-state index contributed by atoms with van der Waals surface area (Å²) < 4.78 is 0. The molecule has 0 aromatic heterocycles. The third-order valence-corrected chi connectivity index (χ3v) is 4.64. The highest BCUT2D eigenvalue weighted by molar-refractivity contribution is 4.90. The smallest absolute Gasteiger partial charge is 0.0113 e. The molecule has 100 valence electrons. The molecule has 17 heavy (non-hydrogen) atoms. The number of hydrogen-bond donors (Lipinski definition) is 1. The molecule has 1 aliphatic heterocycles. The lowest BCUT2D eigenvalue weighted by Gasteiger charge is -2.36. The Kier molecular flexibility index (Phi) is 4.83. The molecule has 3 unspecified atom stereocenters. The van der Waals surface area contributed by atoms with Gasteiger partial charge < -0.3 is 10.2 Å². The van der Waals surface area contributed by atoms with E-state index in [-0.39, 0.29) is 0 Å². The zero-order valence-electron chi connectivity index (χ0n) is 11.8. The number of nitrogens with one attached hydrogen (secondary N) is 1. The van der Waals surface area contributed by atoms with Crippen LogP contribution in [0.5, 0.6) is 0 Å². The maximum absolute atomic E-state index is 3.27. The minimum atomic E-state index is 0.799. The van der Waals surface area contributed by atoms with Crippen LogP contribution in [-0.4, -0.2) is 62.7 Å². The van der Waals surface area contributed by atoms with Gasteiger partial charge in [-0.15, -0.1) is 0 Å². The molecule has 3 heteroatoms. The fourth-order valence-corrected chi connectivity index (χ4v) is 3.13. The lowest BCUT2D eigenvalue weighted by atomic mass is 10.1. The summed E-state index contributed by atoms with van der Waals surface area (Å²) in [7, 11) is 4.29. The normalized spacial score (nSPS) is 32.6. The van der Waals surface area contributed by atoms with Crippen molar-refractivity contribution in [2.75, 3.05) is 46.8 Å². The average Bonchev–Trinajstić information content (AvgIpc) is 3.05. The zero-order chi connectivity index (χ0) is 12.3. The Labute approximate surface area is 107 Å². The second-order valence-corrected chi connectivity index (χ2v) is 6.07. The molecule has 1 N–H and O–H groups in total. The molecular formula is C14H29N3. The largest absolute Gasteiger partial charge is 0.320 e. The summed E-state index contributed by atoms with van der Waals surface area (Å²) in [5.74, 6) is 2.05. The van der Waals surface area contributed by atoms with Crippen molar-refractivity contribution in [2.24, 2.45) is 11.8 Å². The van der Waals surface area contributed by atoms with Crippen LogP contribution in [0.25, 0.3) is 0 Å². The second-order valence-electron chi connectivity index (χ2n) is 6.07. The van der Waals surface area contributed by atoms with Gasteiger partial charge in [0, 0.05) is 32.2 Å². The third-order valence-electron chi connectivity index (χ3n) is 4.64. The van der Waals surface area contributed by atoms with Gasteiger partial charge in [0.05, 0.1) is 0 Å². The van der Waals surface area contributed by atoms with Crippen molar-refractivity contribution >= 4 is 0 Å². The predicted molar refractivity (Wildman–Crippen MR) is 73.3 cm³/mol. The van der Waals surface area contributed by atoms with E-state index >= 15 is 0 Å². The van der Waals surface area contributed by atoms with E-state index in [0.717, 1.165) is 17.9 Å². The van der Waals surface area contributed by atoms with Crippen molar-refractivity contribution in [3.8, 4) is 0 Å². The summed E-state index contributed by atoms with van der Waals surface area (Å²) in [5, 5.41) is 3.27. The maximum atomic E-state index is 3.27. The molecule has 0 bridgehead atoms. The van der Waals surface area contributed by atoms with Crippen LogP contribution >= 0.6 is 0 Å². The molecule has 0 radical (unpaired) electrons. The fraction of sp³-hybridized carbons (Fsp3) is 1.00. The van der Waals surface area contributed by atoms with E-state index in [1.165, 1.54) is 52.0 Å². The molecule has 1 heterocycles. The Morgan fingerprint density at radius 1 is 1.18 bits per heavy atom. The third kappa shape index (κ3) is 3.94. The second kappa shape index (κ2) is 6.17. The molecule has 2 rings (SSSR count). The molecule has 0 aromatic rings. The van der Waals surface area contributed by atoms with Gasteiger partial charge in [-0.1, -0.05) is 0 Å². The highest BCUT2D eigenvalue weighted by atomic mass is 15.3. The summed E-state index contributed by atoms with van der Waals surface area (Å²) in [6.07, 6.45) is 4.30. The molecule has 2 aliphatic rings. The maximum Gasteiger partial charge on any atom is 0.0113 e. The standard InChI is InChI=1S/C14H29N3/c1-12(17-8-6-16(3)7-9-17)10-14-11-13(14)4-5-15-2/h12-15H,4-11H2,1-3H3. The monoisotopic (exact) mass is 239 g/mol. The van der Waals surface area contributed by atoms with E-state index in [0.29, 0.717) is 0 Å². The van der Waals surface area contributed by atoms with E-state index in [1.54, 1.807) is 0 Å². The van der Waals surface area contributed by atoms with Crippen LogP contribution < -0.4 is 5.32 Å². The topological polar surface area (TPSA) is 18.5 Å². The molecule has 1 aliphatic carbocycles. The summed E-state index contributed by atoms with van der Waals surface area (Å²) in [4.78, 5) is 5.13. The SMILES string of the molecule is CNCCC1CC1CC(C)N1CCN(C)CC1. The Balaban J connectivity index is 1.63. The molecule has 0 amide bonds. The van der Waals surface area contributed by atoms with Crippen LogP contribution in [0.3, 0.4) is 0 Å². The highest BCUT2D eigenvalue weighted by Crippen LogP contribution is 2.44. The first-order valence-corrected chi connectivity index (χ1v) is 7.28. The minimum absolute atomic E-state index is 0.799. The summed E-state index contributed by atoms with van der Waals surface area (Å²) in [6, 6.07) is 0.799. The van der Waals surface area contributed by atoms with Crippen LogP contribution in [0.1, 0.15) is 26.2 Å². The van der Waals surface area contributed by atoms with Crippen molar-refractivity contribution in [1.29, 1.82) is 0 Å².